The first-order valence-electron chi connectivity index (χ1n) is 6.68. The highest BCUT2D eigenvalue weighted by Gasteiger charge is 2.31. The highest BCUT2D eigenvalue weighted by Crippen LogP contribution is 2.30. The van der Waals surface area contributed by atoms with Gasteiger partial charge in [0.05, 0.1) is 31.5 Å². The molecule has 0 fully saturated rings. The molecule has 0 bridgehead atoms. The van der Waals surface area contributed by atoms with Gasteiger partial charge < -0.3 is 19.3 Å². The SMILES string of the molecule is CCOC(=O)c1cc(C)c(O)c(C(=O)OC)c1C(=O)OCC. The lowest BCUT2D eigenvalue weighted by Gasteiger charge is -2.15. The lowest BCUT2D eigenvalue weighted by Crippen LogP contribution is -2.20. The molecule has 0 aliphatic heterocycles. The van der Waals surface area contributed by atoms with Gasteiger partial charge in [-0.3, -0.25) is 0 Å². The fourth-order valence-electron chi connectivity index (χ4n) is 1.89. The number of hydrogen-bond donors (Lipinski definition) is 1. The minimum absolute atomic E-state index is 0.0380. The van der Waals surface area contributed by atoms with Gasteiger partial charge in [-0.05, 0) is 32.4 Å². The number of methoxy groups -OCH3 is 1. The van der Waals surface area contributed by atoms with Gasteiger partial charge in [0.1, 0.15) is 11.3 Å². The van der Waals surface area contributed by atoms with Crippen molar-refractivity contribution in [1.29, 1.82) is 0 Å². The van der Waals surface area contributed by atoms with E-state index >= 15 is 0 Å². The number of hydrogen-bond acceptors (Lipinski definition) is 7. The van der Waals surface area contributed by atoms with Gasteiger partial charge in [0, 0.05) is 0 Å². The number of carbonyl (C=O) groups excluding carboxylic acids is 3. The van der Waals surface area contributed by atoms with Crippen molar-refractivity contribution in [2.75, 3.05) is 20.3 Å². The number of aryl methyl sites for hydroxylation is 1. The second kappa shape index (κ2) is 7.44. The topological polar surface area (TPSA) is 99.1 Å². The molecule has 0 amide bonds. The number of ether oxygens (including phenoxy) is 3. The predicted molar refractivity (Wildman–Crippen MR) is 76.1 cm³/mol. The molecule has 0 aliphatic rings. The Morgan fingerprint density at radius 3 is 2.05 bits per heavy atom. The number of aromatic hydroxyl groups is 1. The number of esters is 3. The summed E-state index contributed by atoms with van der Waals surface area (Å²) in [5.41, 5.74) is -0.702. The summed E-state index contributed by atoms with van der Waals surface area (Å²) in [7, 11) is 1.10. The average molecular weight is 310 g/mol. The first kappa shape index (κ1) is 17.5. The Labute approximate surface area is 127 Å². The monoisotopic (exact) mass is 310 g/mol. The summed E-state index contributed by atoms with van der Waals surface area (Å²) in [4.78, 5) is 36.1. The maximum Gasteiger partial charge on any atom is 0.342 e. The molecule has 1 aromatic carbocycles. The molecular formula is C15H18O7. The Balaban J connectivity index is 3.68. The highest BCUT2D eigenvalue weighted by molar-refractivity contribution is 6.12. The quantitative estimate of drug-likeness (QED) is 0.654. The van der Waals surface area contributed by atoms with Crippen molar-refractivity contribution in [3.05, 3.63) is 28.3 Å². The van der Waals surface area contributed by atoms with Gasteiger partial charge >= 0.3 is 17.9 Å². The predicted octanol–water partition coefficient (Wildman–Crippen LogP) is 1.84. The second-order valence-corrected chi connectivity index (χ2v) is 4.27. The van der Waals surface area contributed by atoms with Crippen molar-refractivity contribution in [3.63, 3.8) is 0 Å². The molecule has 0 saturated carbocycles. The molecule has 0 spiro atoms. The maximum atomic E-state index is 12.1. The fourth-order valence-corrected chi connectivity index (χ4v) is 1.89. The summed E-state index contributed by atoms with van der Waals surface area (Å²) >= 11 is 0. The molecule has 0 heterocycles. The first-order valence-corrected chi connectivity index (χ1v) is 6.68. The van der Waals surface area contributed by atoms with Crippen LogP contribution in [-0.4, -0.2) is 43.3 Å². The van der Waals surface area contributed by atoms with Gasteiger partial charge in [0.15, 0.2) is 0 Å². The van der Waals surface area contributed by atoms with Crippen molar-refractivity contribution in [2.24, 2.45) is 0 Å². The summed E-state index contributed by atoms with van der Waals surface area (Å²) in [6, 6.07) is 1.27. The van der Waals surface area contributed by atoms with Crippen molar-refractivity contribution >= 4 is 17.9 Å². The van der Waals surface area contributed by atoms with Crippen LogP contribution in [0.15, 0.2) is 6.07 Å². The molecule has 1 aromatic rings. The number of carbonyl (C=O) groups is 3. The van der Waals surface area contributed by atoms with E-state index in [1.165, 1.54) is 13.0 Å². The molecule has 0 atom stereocenters. The van der Waals surface area contributed by atoms with E-state index in [1.807, 2.05) is 0 Å². The van der Waals surface area contributed by atoms with E-state index in [4.69, 9.17) is 9.47 Å². The van der Waals surface area contributed by atoms with E-state index in [-0.39, 0.29) is 29.9 Å². The molecule has 22 heavy (non-hydrogen) atoms. The van der Waals surface area contributed by atoms with Crippen molar-refractivity contribution in [2.45, 2.75) is 20.8 Å². The molecule has 1 rings (SSSR count). The Morgan fingerprint density at radius 2 is 1.55 bits per heavy atom. The van der Waals surface area contributed by atoms with E-state index in [0.29, 0.717) is 0 Å². The van der Waals surface area contributed by atoms with Crippen LogP contribution in [0.25, 0.3) is 0 Å². The summed E-state index contributed by atoms with van der Waals surface area (Å²) in [5.74, 6) is -3.10. The third-order valence-corrected chi connectivity index (χ3v) is 2.85. The zero-order valence-corrected chi connectivity index (χ0v) is 12.9. The summed E-state index contributed by atoms with van der Waals surface area (Å²) in [6.07, 6.45) is 0. The number of rotatable bonds is 5. The van der Waals surface area contributed by atoms with Crippen molar-refractivity contribution in [1.82, 2.24) is 0 Å². The van der Waals surface area contributed by atoms with Crippen LogP contribution in [0, 0.1) is 6.92 Å². The van der Waals surface area contributed by atoms with Gasteiger partial charge in [-0.1, -0.05) is 0 Å². The summed E-state index contributed by atoms with van der Waals surface area (Å²) in [6.45, 7) is 4.80. The Hall–Kier alpha value is -2.57. The lowest BCUT2D eigenvalue weighted by atomic mass is 9.96. The average Bonchev–Trinajstić information content (AvgIpc) is 2.48. The molecular weight excluding hydrogens is 292 g/mol. The van der Waals surface area contributed by atoms with E-state index in [1.54, 1.807) is 13.8 Å². The van der Waals surface area contributed by atoms with Gasteiger partial charge in [-0.2, -0.15) is 0 Å². The second-order valence-electron chi connectivity index (χ2n) is 4.27. The van der Waals surface area contributed by atoms with Crippen LogP contribution < -0.4 is 0 Å². The van der Waals surface area contributed by atoms with Crippen LogP contribution in [0.4, 0.5) is 0 Å². The fraction of sp³-hybridized carbons (Fsp3) is 0.400. The van der Waals surface area contributed by atoms with E-state index in [9.17, 15) is 19.5 Å². The van der Waals surface area contributed by atoms with Gasteiger partial charge in [-0.25, -0.2) is 14.4 Å². The Kier molecular flexibility index (Phi) is 5.91. The van der Waals surface area contributed by atoms with Gasteiger partial charge in [0.25, 0.3) is 0 Å². The molecule has 0 saturated heterocycles. The standard InChI is InChI=1S/C15H18O7/c1-5-21-13(17)9-7-8(3)12(16)11(14(18)20-4)10(9)15(19)22-6-2/h7,16H,5-6H2,1-4H3. The Morgan fingerprint density at radius 1 is 1.00 bits per heavy atom. The van der Waals surface area contributed by atoms with E-state index in [0.717, 1.165) is 7.11 Å². The molecule has 120 valence electrons. The van der Waals surface area contributed by atoms with Crippen molar-refractivity contribution < 1.29 is 33.7 Å². The van der Waals surface area contributed by atoms with Crippen LogP contribution in [0.1, 0.15) is 50.5 Å². The summed E-state index contributed by atoms with van der Waals surface area (Å²) < 4.78 is 14.3. The van der Waals surface area contributed by atoms with Crippen LogP contribution >= 0.6 is 0 Å². The van der Waals surface area contributed by atoms with Crippen LogP contribution in [0.3, 0.4) is 0 Å². The Bertz CT molecular complexity index is 604. The lowest BCUT2D eigenvalue weighted by molar-refractivity contribution is 0.0468. The third kappa shape index (κ3) is 3.36. The maximum absolute atomic E-state index is 12.1. The van der Waals surface area contributed by atoms with Gasteiger partial charge in [0.2, 0.25) is 0 Å². The minimum atomic E-state index is -0.949. The van der Waals surface area contributed by atoms with Crippen LogP contribution in [0.5, 0.6) is 5.75 Å². The molecule has 0 unspecified atom stereocenters. The molecule has 1 N–H and O–H groups in total. The summed E-state index contributed by atoms with van der Waals surface area (Å²) in [5, 5.41) is 10.1. The zero-order chi connectivity index (χ0) is 16.9. The molecule has 7 heteroatoms. The van der Waals surface area contributed by atoms with Crippen LogP contribution in [-0.2, 0) is 14.2 Å². The number of benzene rings is 1. The normalized spacial score (nSPS) is 10.0. The molecule has 0 aromatic heterocycles. The number of phenols is 1. The van der Waals surface area contributed by atoms with Crippen LogP contribution in [0.2, 0.25) is 0 Å². The largest absolute Gasteiger partial charge is 0.507 e. The molecule has 0 radical (unpaired) electrons. The minimum Gasteiger partial charge on any atom is -0.507 e. The zero-order valence-electron chi connectivity index (χ0n) is 12.9. The molecule has 0 aliphatic carbocycles. The van der Waals surface area contributed by atoms with Crippen molar-refractivity contribution in [3.8, 4) is 5.75 Å². The third-order valence-electron chi connectivity index (χ3n) is 2.85. The highest BCUT2D eigenvalue weighted by atomic mass is 16.5. The van der Waals surface area contributed by atoms with E-state index < -0.39 is 29.2 Å². The van der Waals surface area contributed by atoms with Gasteiger partial charge in [-0.15, -0.1) is 0 Å². The first-order chi connectivity index (χ1) is 10.4. The van der Waals surface area contributed by atoms with E-state index in [2.05, 4.69) is 4.74 Å². The molecule has 7 nitrogen and oxygen atoms in total. The smallest absolute Gasteiger partial charge is 0.342 e. The number of phenolic OH excluding ortho intramolecular Hbond substituents is 1.